The van der Waals surface area contributed by atoms with Gasteiger partial charge < -0.3 is 15.0 Å². The average molecular weight is 421 g/mol. The van der Waals surface area contributed by atoms with Gasteiger partial charge in [0.05, 0.1) is 23.4 Å². The maximum atomic E-state index is 12.9. The minimum Gasteiger partial charge on any atom is -0.465 e. The predicted octanol–water partition coefficient (Wildman–Crippen LogP) is 3.84. The van der Waals surface area contributed by atoms with Crippen molar-refractivity contribution in [1.29, 1.82) is 0 Å². The highest BCUT2D eigenvalue weighted by Gasteiger charge is 2.21. The van der Waals surface area contributed by atoms with Crippen molar-refractivity contribution in [2.75, 3.05) is 18.2 Å². The summed E-state index contributed by atoms with van der Waals surface area (Å²) in [6, 6.07) is 9.99. The SMILES string of the molecule is COC(=O)c1c(SCC(=O)Nc2ccc(F)cc2)[nH]c2ccc(Cl)cc2c1=O. The van der Waals surface area contributed by atoms with E-state index >= 15 is 0 Å². The van der Waals surface area contributed by atoms with Gasteiger partial charge in [-0.1, -0.05) is 23.4 Å². The first kappa shape index (κ1) is 19.9. The number of hydrogen-bond donors (Lipinski definition) is 2. The van der Waals surface area contributed by atoms with E-state index < -0.39 is 17.2 Å². The molecule has 3 aromatic rings. The summed E-state index contributed by atoms with van der Waals surface area (Å²) in [4.78, 5) is 40.0. The maximum Gasteiger partial charge on any atom is 0.344 e. The molecule has 3 rings (SSSR count). The molecule has 6 nitrogen and oxygen atoms in total. The van der Waals surface area contributed by atoms with Crippen molar-refractivity contribution < 1.29 is 18.7 Å². The Bertz CT molecular complexity index is 1120. The first-order valence-corrected chi connectivity index (χ1v) is 9.37. The smallest absolute Gasteiger partial charge is 0.344 e. The van der Waals surface area contributed by atoms with E-state index in [0.29, 0.717) is 16.2 Å². The molecule has 144 valence electrons. The highest BCUT2D eigenvalue weighted by Crippen LogP contribution is 2.24. The number of ether oxygens (including phenoxy) is 1. The van der Waals surface area contributed by atoms with Crippen molar-refractivity contribution in [2.24, 2.45) is 0 Å². The minimum absolute atomic E-state index is 0.0869. The third kappa shape index (κ3) is 4.35. The number of halogens is 2. The van der Waals surface area contributed by atoms with Crippen molar-refractivity contribution in [3.8, 4) is 0 Å². The fourth-order valence-corrected chi connectivity index (χ4v) is 3.52. The zero-order valence-corrected chi connectivity index (χ0v) is 16.1. The lowest BCUT2D eigenvalue weighted by Gasteiger charge is -2.10. The Morgan fingerprint density at radius 3 is 2.61 bits per heavy atom. The summed E-state index contributed by atoms with van der Waals surface area (Å²) in [7, 11) is 1.17. The van der Waals surface area contributed by atoms with Gasteiger partial charge in [0.1, 0.15) is 11.4 Å². The van der Waals surface area contributed by atoms with Gasteiger partial charge in [-0.25, -0.2) is 9.18 Å². The van der Waals surface area contributed by atoms with Crippen molar-refractivity contribution >= 4 is 51.8 Å². The number of anilines is 1. The van der Waals surface area contributed by atoms with Crippen LogP contribution in [0.3, 0.4) is 0 Å². The second-order valence-corrected chi connectivity index (χ2v) is 7.11. The molecule has 1 aromatic heterocycles. The molecule has 0 aliphatic heterocycles. The highest BCUT2D eigenvalue weighted by molar-refractivity contribution is 8.00. The van der Waals surface area contributed by atoms with Crippen LogP contribution in [0, 0.1) is 5.82 Å². The van der Waals surface area contributed by atoms with E-state index in [1.807, 2.05) is 0 Å². The average Bonchev–Trinajstić information content (AvgIpc) is 2.68. The number of methoxy groups -OCH3 is 1. The molecule has 0 aliphatic rings. The third-order valence-electron chi connectivity index (χ3n) is 3.79. The number of carbonyl (C=O) groups excluding carboxylic acids is 2. The van der Waals surface area contributed by atoms with E-state index in [0.717, 1.165) is 11.8 Å². The van der Waals surface area contributed by atoms with Gasteiger partial charge in [-0.15, -0.1) is 0 Å². The van der Waals surface area contributed by atoms with Crippen molar-refractivity contribution in [1.82, 2.24) is 4.98 Å². The normalized spacial score (nSPS) is 10.7. The second-order valence-electron chi connectivity index (χ2n) is 5.68. The van der Waals surface area contributed by atoms with Crippen LogP contribution in [0.5, 0.6) is 0 Å². The molecule has 9 heteroatoms. The molecular weight excluding hydrogens is 407 g/mol. The van der Waals surface area contributed by atoms with Gasteiger partial charge in [-0.3, -0.25) is 9.59 Å². The Kier molecular flexibility index (Phi) is 6.01. The van der Waals surface area contributed by atoms with Gasteiger partial charge >= 0.3 is 5.97 Å². The third-order valence-corrected chi connectivity index (χ3v) is 5.03. The van der Waals surface area contributed by atoms with Gasteiger partial charge in [0.2, 0.25) is 11.3 Å². The molecule has 0 atom stereocenters. The Labute approximate surface area is 168 Å². The Morgan fingerprint density at radius 2 is 1.93 bits per heavy atom. The number of fused-ring (bicyclic) bond motifs is 1. The molecule has 2 N–H and O–H groups in total. The molecule has 0 saturated heterocycles. The monoisotopic (exact) mass is 420 g/mol. The molecule has 0 bridgehead atoms. The van der Waals surface area contributed by atoms with E-state index in [2.05, 4.69) is 10.3 Å². The standard InChI is InChI=1S/C19H14ClFN2O4S/c1-27-19(26)16-17(25)13-8-10(20)2-7-14(13)23-18(16)28-9-15(24)22-12-5-3-11(21)4-6-12/h2-8H,9H2,1H3,(H,22,24)(H,23,25). The Hall–Kier alpha value is -2.84. The zero-order valence-electron chi connectivity index (χ0n) is 14.5. The van der Waals surface area contributed by atoms with Crippen molar-refractivity contribution in [3.05, 3.63) is 69.1 Å². The van der Waals surface area contributed by atoms with Crippen LogP contribution in [0.1, 0.15) is 10.4 Å². The van der Waals surface area contributed by atoms with Crippen LogP contribution < -0.4 is 10.7 Å². The number of carbonyl (C=O) groups is 2. The number of amides is 1. The molecule has 0 spiro atoms. The first-order valence-electron chi connectivity index (χ1n) is 8.01. The van der Waals surface area contributed by atoms with Gasteiger partial charge in [0, 0.05) is 16.1 Å². The fourth-order valence-electron chi connectivity index (χ4n) is 2.50. The van der Waals surface area contributed by atoms with Crippen LogP contribution in [-0.4, -0.2) is 29.7 Å². The molecule has 1 amide bonds. The lowest BCUT2D eigenvalue weighted by molar-refractivity contribution is -0.113. The Balaban J connectivity index is 1.88. The summed E-state index contributed by atoms with van der Waals surface area (Å²) in [5.41, 5.74) is 0.173. The lowest BCUT2D eigenvalue weighted by atomic mass is 10.1. The summed E-state index contributed by atoms with van der Waals surface area (Å²) in [5.74, 6) is -1.70. The highest BCUT2D eigenvalue weighted by atomic mass is 35.5. The molecular formula is C19H14ClFN2O4S. The predicted molar refractivity (Wildman–Crippen MR) is 107 cm³/mol. The first-order chi connectivity index (χ1) is 13.4. The van der Waals surface area contributed by atoms with Crippen LogP contribution in [0.15, 0.2) is 52.3 Å². The van der Waals surface area contributed by atoms with Crippen LogP contribution in [-0.2, 0) is 9.53 Å². The van der Waals surface area contributed by atoms with Crippen molar-refractivity contribution in [2.45, 2.75) is 5.03 Å². The summed E-state index contributed by atoms with van der Waals surface area (Å²) in [5, 5.41) is 3.42. The number of esters is 1. The number of rotatable bonds is 5. The Morgan fingerprint density at radius 1 is 1.21 bits per heavy atom. The van der Waals surface area contributed by atoms with E-state index in [9.17, 15) is 18.8 Å². The maximum absolute atomic E-state index is 12.9. The summed E-state index contributed by atoms with van der Waals surface area (Å²) in [6.07, 6.45) is 0. The van der Waals surface area contributed by atoms with Crippen LogP contribution in [0.2, 0.25) is 5.02 Å². The number of pyridine rings is 1. The molecule has 2 aromatic carbocycles. The van der Waals surface area contributed by atoms with Gasteiger partial charge in [-0.05, 0) is 42.5 Å². The number of nitrogens with one attached hydrogen (secondary N) is 2. The second kappa shape index (κ2) is 8.45. The van der Waals surface area contributed by atoms with Crippen LogP contribution >= 0.6 is 23.4 Å². The topological polar surface area (TPSA) is 88.3 Å². The summed E-state index contributed by atoms with van der Waals surface area (Å²) < 4.78 is 17.6. The molecule has 1 heterocycles. The molecule has 0 radical (unpaired) electrons. The number of hydrogen-bond acceptors (Lipinski definition) is 5. The minimum atomic E-state index is -0.815. The van der Waals surface area contributed by atoms with Crippen molar-refractivity contribution in [3.63, 3.8) is 0 Å². The fraction of sp³-hybridized carbons (Fsp3) is 0.105. The molecule has 0 fully saturated rings. The van der Waals surface area contributed by atoms with Gasteiger partial charge in [0.15, 0.2) is 0 Å². The van der Waals surface area contributed by atoms with Gasteiger partial charge in [-0.2, -0.15) is 0 Å². The zero-order chi connectivity index (χ0) is 20.3. The number of aromatic nitrogens is 1. The van der Waals surface area contributed by atoms with E-state index in [1.165, 1.54) is 37.4 Å². The van der Waals surface area contributed by atoms with E-state index in [4.69, 9.17) is 16.3 Å². The summed E-state index contributed by atoms with van der Waals surface area (Å²) in [6.45, 7) is 0. The van der Waals surface area contributed by atoms with Crippen LogP contribution in [0.25, 0.3) is 10.9 Å². The van der Waals surface area contributed by atoms with E-state index in [-0.39, 0.29) is 27.6 Å². The molecule has 0 saturated carbocycles. The number of H-pyrrole nitrogens is 1. The molecule has 0 aliphatic carbocycles. The van der Waals surface area contributed by atoms with Gasteiger partial charge in [0.25, 0.3) is 0 Å². The number of benzene rings is 2. The molecule has 0 unspecified atom stereocenters. The number of thioether (sulfide) groups is 1. The molecule has 28 heavy (non-hydrogen) atoms. The summed E-state index contributed by atoms with van der Waals surface area (Å²) >= 11 is 6.91. The quantitative estimate of drug-likeness (QED) is 0.483. The van der Waals surface area contributed by atoms with E-state index in [1.54, 1.807) is 12.1 Å². The number of aromatic amines is 1. The van der Waals surface area contributed by atoms with Crippen LogP contribution in [0.4, 0.5) is 10.1 Å². The largest absolute Gasteiger partial charge is 0.465 e. The lowest BCUT2D eigenvalue weighted by Crippen LogP contribution is -2.20.